The normalized spacial score (nSPS) is 22.2. The van der Waals surface area contributed by atoms with Gasteiger partial charge in [-0.2, -0.15) is 4.31 Å². The topological polar surface area (TPSA) is 69.7 Å². The van der Waals surface area contributed by atoms with Crippen molar-refractivity contribution >= 4 is 21.6 Å². The number of hydrogen-bond acceptors (Lipinski definition) is 4. The maximum absolute atomic E-state index is 13.2. The van der Waals surface area contributed by atoms with Crippen LogP contribution in [0.4, 0.5) is 10.1 Å². The minimum atomic E-state index is -3.75. The number of nitrogens with one attached hydrogen (secondary N) is 1. The molecule has 0 radical (unpaired) electrons. The second-order valence-corrected chi connectivity index (χ2v) is 11.2. The summed E-state index contributed by atoms with van der Waals surface area (Å²) >= 11 is 0. The Morgan fingerprint density at radius 2 is 1.70 bits per heavy atom. The van der Waals surface area contributed by atoms with Crippen LogP contribution in [0.15, 0.2) is 53.4 Å². The van der Waals surface area contributed by atoms with Crippen molar-refractivity contribution in [3.63, 3.8) is 0 Å². The Kier molecular flexibility index (Phi) is 7.34. The number of carbonyl (C=O) groups is 1. The Morgan fingerprint density at radius 1 is 1.00 bits per heavy atom. The molecule has 2 aromatic carbocycles. The molecule has 0 bridgehead atoms. The van der Waals surface area contributed by atoms with E-state index in [1.54, 1.807) is 0 Å². The highest BCUT2D eigenvalue weighted by Crippen LogP contribution is 2.25. The molecule has 2 saturated heterocycles. The molecule has 1 N–H and O–H groups in total. The molecule has 2 heterocycles. The summed E-state index contributed by atoms with van der Waals surface area (Å²) in [5.74, 6) is -0.311. The van der Waals surface area contributed by atoms with Gasteiger partial charge in [-0.05, 0) is 73.6 Å². The zero-order valence-corrected chi connectivity index (χ0v) is 19.9. The maximum Gasteiger partial charge on any atom is 0.243 e. The highest BCUT2D eigenvalue weighted by Gasteiger charge is 2.33. The summed E-state index contributed by atoms with van der Waals surface area (Å²) in [7, 11) is -3.75. The Labute approximate surface area is 195 Å². The molecule has 4 rings (SSSR count). The molecule has 2 aliphatic heterocycles. The lowest BCUT2D eigenvalue weighted by atomic mass is 9.98. The van der Waals surface area contributed by atoms with Crippen LogP contribution < -0.4 is 10.2 Å². The molecule has 0 aliphatic carbocycles. The highest BCUT2D eigenvalue weighted by atomic mass is 32.2. The van der Waals surface area contributed by atoms with E-state index in [1.807, 2.05) is 12.1 Å². The molecule has 2 fully saturated rings. The van der Waals surface area contributed by atoms with Crippen LogP contribution >= 0.6 is 0 Å². The van der Waals surface area contributed by atoms with E-state index in [9.17, 15) is 17.6 Å². The van der Waals surface area contributed by atoms with Gasteiger partial charge in [0.2, 0.25) is 15.9 Å². The van der Waals surface area contributed by atoms with Gasteiger partial charge in [0.1, 0.15) is 5.82 Å². The van der Waals surface area contributed by atoms with Gasteiger partial charge in [0.15, 0.2) is 0 Å². The van der Waals surface area contributed by atoms with Crippen molar-refractivity contribution in [3.05, 3.63) is 59.9 Å². The van der Waals surface area contributed by atoms with Crippen molar-refractivity contribution in [1.29, 1.82) is 0 Å². The summed E-state index contributed by atoms with van der Waals surface area (Å²) in [5, 5.41) is 2.97. The minimum Gasteiger partial charge on any atom is -0.371 e. The second kappa shape index (κ2) is 10.2. The molecular weight excluding hydrogens is 441 g/mol. The van der Waals surface area contributed by atoms with Gasteiger partial charge in [-0.25, -0.2) is 12.8 Å². The number of benzene rings is 2. The summed E-state index contributed by atoms with van der Waals surface area (Å²) in [6, 6.07) is 13.1. The number of piperidine rings is 2. The highest BCUT2D eigenvalue weighted by molar-refractivity contribution is 7.89. The first-order chi connectivity index (χ1) is 15.8. The first kappa shape index (κ1) is 23.7. The Morgan fingerprint density at radius 3 is 2.39 bits per heavy atom. The molecule has 0 spiro atoms. The third kappa shape index (κ3) is 5.73. The molecule has 2 atom stereocenters. The van der Waals surface area contributed by atoms with Gasteiger partial charge < -0.3 is 10.2 Å². The molecule has 0 aromatic heterocycles. The van der Waals surface area contributed by atoms with Gasteiger partial charge in [-0.1, -0.05) is 19.1 Å². The number of hydrogen-bond donors (Lipinski definition) is 1. The molecule has 6 nitrogen and oxygen atoms in total. The Hall–Kier alpha value is -2.45. The minimum absolute atomic E-state index is 0.0492. The molecule has 0 unspecified atom stereocenters. The smallest absolute Gasteiger partial charge is 0.243 e. The number of nitrogens with zero attached hydrogens (tertiary/aromatic N) is 2. The van der Waals surface area contributed by atoms with Gasteiger partial charge in [-0.3, -0.25) is 4.79 Å². The van der Waals surface area contributed by atoms with E-state index < -0.39 is 21.8 Å². The predicted octanol–water partition coefficient (Wildman–Crippen LogP) is 3.78. The number of rotatable bonds is 6. The van der Waals surface area contributed by atoms with Crippen LogP contribution in [0.5, 0.6) is 0 Å². The zero-order valence-electron chi connectivity index (χ0n) is 19.0. The van der Waals surface area contributed by atoms with Crippen molar-refractivity contribution in [1.82, 2.24) is 9.62 Å². The fourth-order valence-electron chi connectivity index (χ4n) is 4.71. The largest absolute Gasteiger partial charge is 0.371 e. The monoisotopic (exact) mass is 473 g/mol. The molecule has 178 valence electrons. The van der Waals surface area contributed by atoms with Crippen molar-refractivity contribution in [3.8, 4) is 0 Å². The number of carbonyl (C=O) groups excluding carboxylic acids is 1. The number of anilines is 1. The molecule has 8 heteroatoms. The van der Waals surface area contributed by atoms with Crippen molar-refractivity contribution in [2.24, 2.45) is 11.8 Å². The second-order valence-electron chi connectivity index (χ2n) is 9.23. The number of halogens is 1. The third-order valence-electron chi connectivity index (χ3n) is 6.63. The van der Waals surface area contributed by atoms with Crippen LogP contribution in [-0.4, -0.2) is 44.8 Å². The van der Waals surface area contributed by atoms with Crippen LogP contribution in [0, 0.1) is 17.7 Å². The van der Waals surface area contributed by atoms with Gasteiger partial charge >= 0.3 is 0 Å². The molecule has 2 aromatic rings. The van der Waals surface area contributed by atoms with Gasteiger partial charge in [0.25, 0.3) is 0 Å². The van der Waals surface area contributed by atoms with Crippen LogP contribution in [-0.2, 0) is 21.4 Å². The fraction of sp³-hybridized carbons (Fsp3) is 0.480. The van der Waals surface area contributed by atoms with Gasteiger partial charge in [0.05, 0.1) is 10.8 Å². The van der Waals surface area contributed by atoms with Crippen LogP contribution in [0.2, 0.25) is 0 Å². The van der Waals surface area contributed by atoms with Gasteiger partial charge in [-0.15, -0.1) is 0 Å². The molecular formula is C25H32FN3O3S. The maximum atomic E-state index is 13.2. The van der Waals surface area contributed by atoms with E-state index in [-0.39, 0.29) is 17.3 Å². The van der Waals surface area contributed by atoms with Crippen LogP contribution in [0.1, 0.15) is 38.2 Å². The Balaban J connectivity index is 1.32. The lowest BCUT2D eigenvalue weighted by Gasteiger charge is -2.33. The van der Waals surface area contributed by atoms with E-state index in [1.165, 1.54) is 35.0 Å². The van der Waals surface area contributed by atoms with E-state index in [0.717, 1.165) is 30.8 Å². The molecule has 2 aliphatic rings. The van der Waals surface area contributed by atoms with Crippen LogP contribution in [0.3, 0.4) is 0 Å². The van der Waals surface area contributed by atoms with Crippen LogP contribution in [0.25, 0.3) is 0 Å². The van der Waals surface area contributed by atoms with Gasteiger partial charge in [0, 0.05) is 38.4 Å². The van der Waals surface area contributed by atoms with Crippen molar-refractivity contribution in [2.45, 2.75) is 44.0 Å². The SMILES string of the molecule is C[C@H]1CCCN(c2ccc(CNC(=O)[C@H]3CCCN(S(=O)(=O)c4ccc(F)cc4)C3)cc2)C1. The van der Waals surface area contributed by atoms with E-state index >= 15 is 0 Å². The zero-order chi connectivity index (χ0) is 23.4. The summed E-state index contributed by atoms with van der Waals surface area (Å²) in [6.45, 7) is 5.36. The third-order valence-corrected chi connectivity index (χ3v) is 8.51. The summed E-state index contributed by atoms with van der Waals surface area (Å²) < 4.78 is 40.3. The van der Waals surface area contributed by atoms with E-state index in [4.69, 9.17) is 0 Å². The first-order valence-electron chi connectivity index (χ1n) is 11.7. The standard InChI is InChI=1S/C25H32FN3O3S/c1-19-4-2-14-28(17-19)23-10-6-20(7-11-23)16-27-25(30)21-5-3-15-29(18-21)33(31,32)24-12-8-22(26)9-13-24/h6-13,19,21H,2-5,14-18H2,1H3,(H,27,30)/t19-,21-/m0/s1. The first-order valence-corrected chi connectivity index (χ1v) is 13.1. The average molecular weight is 474 g/mol. The predicted molar refractivity (Wildman–Crippen MR) is 127 cm³/mol. The van der Waals surface area contributed by atoms with E-state index in [0.29, 0.717) is 31.8 Å². The van der Waals surface area contributed by atoms with Crippen molar-refractivity contribution < 1.29 is 17.6 Å². The number of amides is 1. The lowest BCUT2D eigenvalue weighted by Crippen LogP contribution is -2.45. The molecule has 33 heavy (non-hydrogen) atoms. The average Bonchev–Trinajstić information content (AvgIpc) is 2.83. The molecule has 1 amide bonds. The van der Waals surface area contributed by atoms with E-state index in [2.05, 4.69) is 29.3 Å². The summed E-state index contributed by atoms with van der Waals surface area (Å²) in [5.41, 5.74) is 2.23. The summed E-state index contributed by atoms with van der Waals surface area (Å²) in [6.07, 6.45) is 3.76. The quantitative estimate of drug-likeness (QED) is 0.693. The summed E-state index contributed by atoms with van der Waals surface area (Å²) in [4.78, 5) is 15.2. The fourth-order valence-corrected chi connectivity index (χ4v) is 6.24. The molecule has 0 saturated carbocycles. The van der Waals surface area contributed by atoms with Crippen molar-refractivity contribution in [2.75, 3.05) is 31.1 Å². The Bertz CT molecular complexity index is 1060. The number of sulfonamides is 1. The lowest BCUT2D eigenvalue weighted by molar-refractivity contribution is -0.126.